The molecule has 1 saturated heterocycles. The van der Waals surface area contributed by atoms with Crippen molar-refractivity contribution in [1.29, 1.82) is 0 Å². The number of rotatable bonds is 5. The second-order valence-corrected chi connectivity index (χ2v) is 7.96. The van der Waals surface area contributed by atoms with Crippen LogP contribution in [0, 0.1) is 13.8 Å². The fourth-order valence-electron chi connectivity index (χ4n) is 3.92. The molecule has 1 N–H and O–H groups in total. The summed E-state index contributed by atoms with van der Waals surface area (Å²) in [6, 6.07) is 5.39. The number of amides is 2. The minimum Gasteiger partial charge on any atom is -0.463 e. The lowest BCUT2D eigenvalue weighted by Crippen LogP contribution is -2.51. The van der Waals surface area contributed by atoms with Crippen LogP contribution in [0.1, 0.15) is 29.7 Å². The van der Waals surface area contributed by atoms with Crippen LogP contribution in [0.3, 0.4) is 0 Å². The maximum atomic E-state index is 13.0. The first-order valence-corrected chi connectivity index (χ1v) is 10.2. The van der Waals surface area contributed by atoms with Crippen LogP contribution in [-0.2, 0) is 9.53 Å². The molecule has 2 aliphatic rings. The van der Waals surface area contributed by atoms with Crippen molar-refractivity contribution in [2.24, 2.45) is 0 Å². The number of piperazine rings is 1. The molecule has 0 unspecified atom stereocenters. The number of nitrogens with zero attached hydrogens (tertiary/aromatic N) is 3. The van der Waals surface area contributed by atoms with Gasteiger partial charge in [-0.05, 0) is 38.9 Å². The summed E-state index contributed by atoms with van der Waals surface area (Å²) in [5, 5.41) is 3.02. The van der Waals surface area contributed by atoms with E-state index >= 15 is 0 Å². The average molecular weight is 401 g/mol. The summed E-state index contributed by atoms with van der Waals surface area (Å²) < 4.78 is 5.42. The fourth-order valence-corrected chi connectivity index (χ4v) is 3.92. The molecule has 7 nitrogen and oxygen atoms in total. The smallest absolute Gasteiger partial charge is 0.338 e. The molecule has 0 radical (unpaired) electrons. The number of carbonyl (C=O) groups is 2. The summed E-state index contributed by atoms with van der Waals surface area (Å²) in [5.74, 6) is -0.366. The largest absolute Gasteiger partial charge is 0.463 e. The molecule has 0 aliphatic carbocycles. The molecule has 2 aliphatic heterocycles. The molecule has 0 saturated carbocycles. The van der Waals surface area contributed by atoms with E-state index in [0.717, 1.165) is 48.6 Å². The van der Waals surface area contributed by atoms with Gasteiger partial charge < -0.3 is 15.0 Å². The molecule has 0 spiro atoms. The van der Waals surface area contributed by atoms with E-state index in [-0.39, 0.29) is 12.0 Å². The number of aryl methyl sites for hydroxylation is 2. The zero-order valence-corrected chi connectivity index (χ0v) is 18.1. The van der Waals surface area contributed by atoms with E-state index in [2.05, 4.69) is 22.2 Å². The van der Waals surface area contributed by atoms with Gasteiger partial charge in [0, 0.05) is 45.5 Å². The topological polar surface area (TPSA) is 65.1 Å². The number of likely N-dealkylation sites (N-methyl/N-ethyl adjacent to an activating group) is 2. The number of hydrogen-bond donors (Lipinski definition) is 1. The highest BCUT2D eigenvalue weighted by Gasteiger charge is 2.38. The van der Waals surface area contributed by atoms with Crippen molar-refractivity contribution in [3.8, 4) is 0 Å². The van der Waals surface area contributed by atoms with Crippen molar-refractivity contribution in [2.75, 3.05) is 53.4 Å². The second-order valence-electron chi connectivity index (χ2n) is 7.96. The van der Waals surface area contributed by atoms with E-state index in [0.29, 0.717) is 18.7 Å². The third-order valence-corrected chi connectivity index (χ3v) is 5.79. The molecule has 1 atom stereocenters. The zero-order valence-electron chi connectivity index (χ0n) is 18.1. The predicted molar refractivity (Wildman–Crippen MR) is 113 cm³/mol. The zero-order chi connectivity index (χ0) is 21.1. The second kappa shape index (κ2) is 8.97. The van der Waals surface area contributed by atoms with E-state index < -0.39 is 6.04 Å². The Kier molecular flexibility index (Phi) is 6.59. The molecule has 0 aromatic heterocycles. The van der Waals surface area contributed by atoms with Crippen molar-refractivity contribution in [1.82, 2.24) is 20.0 Å². The van der Waals surface area contributed by atoms with Crippen molar-refractivity contribution in [3.63, 3.8) is 0 Å². The Balaban J connectivity index is 2.06. The molecule has 1 aromatic rings. The lowest BCUT2D eigenvalue weighted by Gasteiger charge is -2.39. The Labute approximate surface area is 173 Å². The van der Waals surface area contributed by atoms with Crippen LogP contribution in [0.2, 0.25) is 0 Å². The van der Waals surface area contributed by atoms with Gasteiger partial charge in [-0.15, -0.1) is 0 Å². The van der Waals surface area contributed by atoms with Crippen LogP contribution >= 0.6 is 0 Å². The lowest BCUT2D eigenvalue weighted by atomic mass is 9.90. The van der Waals surface area contributed by atoms with Crippen LogP contribution in [0.4, 0.5) is 4.79 Å². The molecular formula is C22H32N4O3. The van der Waals surface area contributed by atoms with Gasteiger partial charge in [-0.1, -0.05) is 23.8 Å². The number of esters is 1. The quantitative estimate of drug-likeness (QED) is 0.767. The van der Waals surface area contributed by atoms with Crippen LogP contribution < -0.4 is 5.32 Å². The van der Waals surface area contributed by atoms with E-state index in [1.54, 1.807) is 18.9 Å². The van der Waals surface area contributed by atoms with Crippen LogP contribution in [0.5, 0.6) is 0 Å². The molecular weight excluding hydrogens is 368 g/mol. The van der Waals surface area contributed by atoms with E-state index in [9.17, 15) is 9.59 Å². The lowest BCUT2D eigenvalue weighted by molar-refractivity contribution is -0.139. The normalized spacial score (nSPS) is 21.3. The van der Waals surface area contributed by atoms with Crippen LogP contribution in [0.25, 0.3) is 0 Å². The number of nitrogens with one attached hydrogen (secondary N) is 1. The SMILES string of the molecule is CCOC(=O)C1=C(CN2CCN(C)CC2)N(C)C(=O)N[C@@H]1c1cc(C)ccc1C. The fraction of sp³-hybridized carbons (Fsp3) is 0.545. The molecule has 29 heavy (non-hydrogen) atoms. The molecule has 2 heterocycles. The molecule has 7 heteroatoms. The maximum absolute atomic E-state index is 13.0. The van der Waals surface area contributed by atoms with Crippen molar-refractivity contribution < 1.29 is 14.3 Å². The first-order chi connectivity index (χ1) is 13.8. The van der Waals surface area contributed by atoms with Gasteiger partial charge in [0.05, 0.1) is 18.2 Å². The molecule has 3 rings (SSSR count). The first-order valence-electron chi connectivity index (χ1n) is 10.2. The number of urea groups is 1. The summed E-state index contributed by atoms with van der Waals surface area (Å²) in [6.45, 7) is 10.4. The first kappa shape index (κ1) is 21.3. The Bertz CT molecular complexity index is 812. The predicted octanol–water partition coefficient (Wildman–Crippen LogP) is 2.06. The minimum atomic E-state index is -0.514. The van der Waals surface area contributed by atoms with Gasteiger partial charge in [0.25, 0.3) is 0 Å². The number of ether oxygens (including phenoxy) is 1. The molecule has 1 aromatic carbocycles. The Hall–Kier alpha value is -2.38. The Morgan fingerprint density at radius 2 is 1.86 bits per heavy atom. The Morgan fingerprint density at radius 3 is 2.52 bits per heavy atom. The van der Waals surface area contributed by atoms with Crippen molar-refractivity contribution >= 4 is 12.0 Å². The standard InChI is InChI=1S/C22H32N4O3/c1-6-29-21(27)19-18(14-26-11-9-24(4)10-12-26)25(5)22(28)23-20(19)17-13-15(2)7-8-16(17)3/h7-8,13,20H,6,9-12,14H2,1-5H3,(H,23,28)/t20-/m1/s1. The molecule has 158 valence electrons. The summed E-state index contributed by atoms with van der Waals surface area (Å²) in [4.78, 5) is 32.0. The van der Waals surface area contributed by atoms with E-state index in [1.807, 2.05) is 32.0 Å². The summed E-state index contributed by atoms with van der Waals surface area (Å²) >= 11 is 0. The highest BCUT2D eigenvalue weighted by atomic mass is 16.5. The minimum absolute atomic E-state index is 0.201. The van der Waals surface area contributed by atoms with Crippen molar-refractivity contribution in [2.45, 2.75) is 26.8 Å². The Morgan fingerprint density at radius 1 is 1.17 bits per heavy atom. The molecule has 1 fully saturated rings. The van der Waals surface area contributed by atoms with E-state index in [1.165, 1.54) is 0 Å². The van der Waals surface area contributed by atoms with Gasteiger partial charge in [-0.25, -0.2) is 9.59 Å². The van der Waals surface area contributed by atoms with Crippen LogP contribution in [0.15, 0.2) is 29.5 Å². The maximum Gasteiger partial charge on any atom is 0.338 e. The van der Waals surface area contributed by atoms with Gasteiger partial charge in [-0.3, -0.25) is 9.80 Å². The third kappa shape index (κ3) is 4.62. The van der Waals surface area contributed by atoms with E-state index in [4.69, 9.17) is 4.74 Å². The molecule has 0 bridgehead atoms. The number of carbonyl (C=O) groups excluding carboxylic acids is 2. The third-order valence-electron chi connectivity index (χ3n) is 5.79. The number of hydrogen-bond acceptors (Lipinski definition) is 5. The van der Waals surface area contributed by atoms with Crippen molar-refractivity contribution in [3.05, 3.63) is 46.2 Å². The van der Waals surface area contributed by atoms with Crippen LogP contribution in [-0.4, -0.2) is 80.1 Å². The highest BCUT2D eigenvalue weighted by molar-refractivity contribution is 5.95. The monoisotopic (exact) mass is 400 g/mol. The average Bonchev–Trinajstić information content (AvgIpc) is 2.69. The summed E-state index contributed by atoms with van der Waals surface area (Å²) in [7, 11) is 3.83. The highest BCUT2D eigenvalue weighted by Crippen LogP contribution is 2.33. The van der Waals surface area contributed by atoms with Gasteiger partial charge >= 0.3 is 12.0 Å². The molecule has 2 amide bonds. The number of benzene rings is 1. The van der Waals surface area contributed by atoms with Gasteiger partial charge in [0.15, 0.2) is 0 Å². The van der Waals surface area contributed by atoms with Gasteiger partial charge in [0.2, 0.25) is 0 Å². The van der Waals surface area contributed by atoms with Gasteiger partial charge in [0.1, 0.15) is 0 Å². The van der Waals surface area contributed by atoms with Gasteiger partial charge in [-0.2, -0.15) is 0 Å². The summed E-state index contributed by atoms with van der Waals surface area (Å²) in [6.07, 6.45) is 0. The summed E-state index contributed by atoms with van der Waals surface area (Å²) in [5.41, 5.74) is 4.31.